The molecule has 0 amide bonds. The molecule has 0 spiro atoms. The van der Waals surface area contributed by atoms with Crippen molar-refractivity contribution in [2.75, 3.05) is 0 Å². The van der Waals surface area contributed by atoms with E-state index < -0.39 is 0 Å². The molecular formula is C14H18O2. The summed E-state index contributed by atoms with van der Waals surface area (Å²) in [6, 6.07) is 6.14. The number of fused-ring (bicyclic) bond motifs is 1. The van der Waals surface area contributed by atoms with Crippen LogP contribution >= 0.6 is 0 Å². The zero-order chi connectivity index (χ0) is 11.4. The summed E-state index contributed by atoms with van der Waals surface area (Å²) >= 11 is 0. The number of hydrogen-bond acceptors (Lipinski definition) is 2. The fourth-order valence-corrected chi connectivity index (χ4v) is 2.02. The van der Waals surface area contributed by atoms with E-state index in [1.165, 1.54) is 11.1 Å². The molecule has 0 bridgehead atoms. The predicted molar refractivity (Wildman–Crippen MR) is 63.9 cm³/mol. The first-order chi connectivity index (χ1) is 7.81. The number of unbranched alkanes of at least 4 members (excludes halogenated alkanes) is 1. The Morgan fingerprint density at radius 3 is 3.00 bits per heavy atom. The van der Waals surface area contributed by atoms with Crippen LogP contribution in [0.1, 0.15) is 42.1 Å². The van der Waals surface area contributed by atoms with Gasteiger partial charge in [-0.1, -0.05) is 24.3 Å². The van der Waals surface area contributed by atoms with Gasteiger partial charge in [0, 0.05) is 0 Å². The Morgan fingerprint density at radius 2 is 2.19 bits per heavy atom. The molecule has 1 aromatic carbocycles. The summed E-state index contributed by atoms with van der Waals surface area (Å²) in [5.74, 6) is 0. The molecule has 1 N–H and O–H groups in total. The summed E-state index contributed by atoms with van der Waals surface area (Å²) in [6.07, 6.45) is 4.28. The van der Waals surface area contributed by atoms with Gasteiger partial charge in [-0.3, -0.25) is 0 Å². The maximum Gasteiger partial charge on any atom is 0.0790 e. The number of aliphatic hydroxyl groups excluding tert-OH is 1. The molecule has 0 saturated heterocycles. The number of allylic oxidation sites excluding steroid dienone is 1. The molecule has 1 aromatic rings. The van der Waals surface area contributed by atoms with Crippen LogP contribution in [-0.2, 0) is 18.0 Å². The van der Waals surface area contributed by atoms with Crippen molar-refractivity contribution in [2.45, 2.75) is 38.6 Å². The van der Waals surface area contributed by atoms with Crippen LogP contribution in [0, 0.1) is 0 Å². The first-order valence-corrected chi connectivity index (χ1v) is 5.79. The fourth-order valence-electron chi connectivity index (χ4n) is 2.02. The third kappa shape index (κ3) is 2.52. The van der Waals surface area contributed by atoms with Crippen molar-refractivity contribution in [3.8, 4) is 0 Å². The van der Waals surface area contributed by atoms with Crippen LogP contribution in [0.25, 0.3) is 0 Å². The van der Waals surface area contributed by atoms with Crippen molar-refractivity contribution < 1.29 is 9.84 Å². The lowest BCUT2D eigenvalue weighted by Crippen LogP contribution is -1.98. The summed E-state index contributed by atoms with van der Waals surface area (Å²) in [4.78, 5) is 0. The molecule has 0 aliphatic carbocycles. The standard InChI is InChI=1S/C14H18O2/c1-2-3-4-5-14(15)11-6-7-12-9-16-10-13(12)8-11/h2,6-8,14-15H,1,3-5,9-10H2. The third-order valence-corrected chi connectivity index (χ3v) is 3.02. The van der Waals surface area contributed by atoms with Crippen molar-refractivity contribution in [1.82, 2.24) is 0 Å². The van der Waals surface area contributed by atoms with E-state index in [0.717, 1.165) is 24.8 Å². The van der Waals surface area contributed by atoms with Crippen LogP contribution in [0.4, 0.5) is 0 Å². The van der Waals surface area contributed by atoms with E-state index in [1.54, 1.807) is 0 Å². The molecular weight excluding hydrogens is 200 g/mol. The number of ether oxygens (including phenoxy) is 1. The summed E-state index contributed by atoms with van der Waals surface area (Å²) in [6.45, 7) is 5.07. The molecule has 1 atom stereocenters. The van der Waals surface area contributed by atoms with E-state index in [9.17, 15) is 5.11 Å². The van der Waals surface area contributed by atoms with Crippen molar-refractivity contribution >= 4 is 0 Å². The van der Waals surface area contributed by atoms with Crippen molar-refractivity contribution in [2.24, 2.45) is 0 Å². The monoisotopic (exact) mass is 218 g/mol. The zero-order valence-electron chi connectivity index (χ0n) is 9.48. The number of rotatable bonds is 5. The van der Waals surface area contributed by atoms with Gasteiger partial charge in [0.25, 0.3) is 0 Å². The lowest BCUT2D eigenvalue weighted by atomic mass is 9.99. The lowest BCUT2D eigenvalue weighted by molar-refractivity contribution is 0.134. The average Bonchev–Trinajstić information content (AvgIpc) is 2.76. The number of hydrogen-bond donors (Lipinski definition) is 1. The maximum atomic E-state index is 10.0. The third-order valence-electron chi connectivity index (χ3n) is 3.02. The second-order valence-electron chi connectivity index (χ2n) is 4.26. The van der Waals surface area contributed by atoms with Gasteiger partial charge in [0.15, 0.2) is 0 Å². The molecule has 2 nitrogen and oxygen atoms in total. The van der Waals surface area contributed by atoms with Gasteiger partial charge in [-0.05, 0) is 36.0 Å². The summed E-state index contributed by atoms with van der Waals surface area (Å²) < 4.78 is 5.35. The Kier molecular flexibility index (Phi) is 3.75. The van der Waals surface area contributed by atoms with Gasteiger partial charge < -0.3 is 9.84 Å². The first-order valence-electron chi connectivity index (χ1n) is 5.79. The Morgan fingerprint density at radius 1 is 1.38 bits per heavy atom. The van der Waals surface area contributed by atoms with Crippen molar-refractivity contribution in [3.63, 3.8) is 0 Å². The summed E-state index contributed by atoms with van der Waals surface area (Å²) in [5, 5.41) is 10.0. The van der Waals surface area contributed by atoms with Crippen LogP contribution in [0.2, 0.25) is 0 Å². The van der Waals surface area contributed by atoms with Gasteiger partial charge in [-0.15, -0.1) is 6.58 Å². The van der Waals surface area contributed by atoms with Gasteiger partial charge >= 0.3 is 0 Å². The van der Waals surface area contributed by atoms with E-state index in [2.05, 4.69) is 18.7 Å². The molecule has 0 radical (unpaired) electrons. The van der Waals surface area contributed by atoms with Gasteiger partial charge in [0.1, 0.15) is 0 Å². The van der Waals surface area contributed by atoms with Crippen LogP contribution in [0.3, 0.4) is 0 Å². The molecule has 0 aromatic heterocycles. The zero-order valence-corrected chi connectivity index (χ0v) is 9.48. The summed E-state index contributed by atoms with van der Waals surface area (Å²) in [5.41, 5.74) is 3.48. The van der Waals surface area contributed by atoms with Crippen LogP contribution in [0.15, 0.2) is 30.9 Å². The SMILES string of the molecule is C=CCCCC(O)c1ccc2c(c1)COC2. The predicted octanol–water partition coefficient (Wildman–Crippen LogP) is 3.11. The molecule has 0 saturated carbocycles. The summed E-state index contributed by atoms with van der Waals surface area (Å²) in [7, 11) is 0. The number of benzene rings is 1. The second kappa shape index (κ2) is 5.28. The smallest absolute Gasteiger partial charge is 0.0790 e. The Hall–Kier alpha value is -1.12. The fraction of sp³-hybridized carbons (Fsp3) is 0.429. The van der Waals surface area contributed by atoms with E-state index in [1.807, 2.05) is 12.1 Å². The molecule has 1 aliphatic rings. The molecule has 2 heteroatoms. The molecule has 1 heterocycles. The van der Waals surface area contributed by atoms with Crippen molar-refractivity contribution in [3.05, 3.63) is 47.5 Å². The molecule has 16 heavy (non-hydrogen) atoms. The van der Waals surface area contributed by atoms with Gasteiger partial charge in [0.05, 0.1) is 19.3 Å². The maximum absolute atomic E-state index is 10.0. The topological polar surface area (TPSA) is 29.5 Å². The average molecular weight is 218 g/mol. The highest BCUT2D eigenvalue weighted by Crippen LogP contribution is 2.26. The Labute approximate surface area is 96.6 Å². The molecule has 1 aliphatic heterocycles. The highest BCUT2D eigenvalue weighted by Gasteiger charge is 2.14. The highest BCUT2D eigenvalue weighted by molar-refractivity contribution is 5.34. The van der Waals surface area contributed by atoms with Gasteiger partial charge in [-0.25, -0.2) is 0 Å². The second-order valence-corrected chi connectivity index (χ2v) is 4.26. The van der Waals surface area contributed by atoms with E-state index in [0.29, 0.717) is 13.2 Å². The van der Waals surface area contributed by atoms with E-state index in [4.69, 9.17) is 4.74 Å². The molecule has 1 unspecified atom stereocenters. The van der Waals surface area contributed by atoms with Crippen LogP contribution < -0.4 is 0 Å². The Bertz CT molecular complexity index is 371. The largest absolute Gasteiger partial charge is 0.388 e. The number of aliphatic hydroxyl groups is 1. The van der Waals surface area contributed by atoms with Crippen LogP contribution in [0.5, 0.6) is 0 Å². The van der Waals surface area contributed by atoms with Crippen LogP contribution in [-0.4, -0.2) is 5.11 Å². The lowest BCUT2D eigenvalue weighted by Gasteiger charge is -2.11. The molecule has 86 valence electrons. The van der Waals surface area contributed by atoms with Gasteiger partial charge in [-0.2, -0.15) is 0 Å². The molecule has 2 rings (SSSR count). The minimum atomic E-state index is -0.356. The Balaban J connectivity index is 2.00. The minimum absolute atomic E-state index is 0.356. The highest BCUT2D eigenvalue weighted by atomic mass is 16.5. The molecule has 0 fully saturated rings. The quantitative estimate of drug-likeness (QED) is 0.608. The first kappa shape index (κ1) is 11.4. The minimum Gasteiger partial charge on any atom is -0.388 e. The van der Waals surface area contributed by atoms with Crippen molar-refractivity contribution in [1.29, 1.82) is 0 Å². The van der Waals surface area contributed by atoms with E-state index >= 15 is 0 Å². The normalized spacial score (nSPS) is 15.8. The van der Waals surface area contributed by atoms with E-state index in [-0.39, 0.29) is 6.10 Å². The van der Waals surface area contributed by atoms with Gasteiger partial charge in [0.2, 0.25) is 0 Å².